The zero-order chi connectivity index (χ0) is 20.5. The van der Waals surface area contributed by atoms with Gasteiger partial charge in [0.25, 0.3) is 0 Å². The smallest absolute Gasteiger partial charge is 0.163 e. The van der Waals surface area contributed by atoms with Crippen molar-refractivity contribution < 1.29 is 24.4 Å². The highest BCUT2D eigenvalue weighted by atomic mass is 16.5. The van der Waals surface area contributed by atoms with Gasteiger partial charge in [0.1, 0.15) is 11.5 Å². The maximum atomic E-state index is 10.5. The Morgan fingerprint density at radius 2 is 1.75 bits per heavy atom. The number of para-hydroxylation sites is 1. The van der Waals surface area contributed by atoms with E-state index in [1.54, 1.807) is 27.2 Å². The van der Waals surface area contributed by atoms with E-state index < -0.39 is 6.10 Å². The van der Waals surface area contributed by atoms with Gasteiger partial charge < -0.3 is 24.4 Å². The Balaban J connectivity index is 1.95. The molecule has 5 nitrogen and oxygen atoms in total. The van der Waals surface area contributed by atoms with E-state index in [1.165, 1.54) is 0 Å². The first-order valence-corrected chi connectivity index (χ1v) is 9.88. The number of aliphatic hydroxyl groups excluding tert-OH is 1. The summed E-state index contributed by atoms with van der Waals surface area (Å²) in [5.41, 5.74) is 2.43. The Morgan fingerprint density at radius 1 is 0.964 bits per heavy atom. The van der Waals surface area contributed by atoms with Gasteiger partial charge in [-0.3, -0.25) is 0 Å². The summed E-state index contributed by atoms with van der Waals surface area (Å²) >= 11 is 0. The van der Waals surface area contributed by atoms with E-state index in [9.17, 15) is 10.2 Å². The number of benzene rings is 2. The first kappa shape index (κ1) is 21.9. The summed E-state index contributed by atoms with van der Waals surface area (Å²) in [6, 6.07) is 9.49. The second-order valence-corrected chi connectivity index (χ2v) is 6.86. The molecule has 0 amide bonds. The van der Waals surface area contributed by atoms with E-state index in [1.807, 2.05) is 24.3 Å². The van der Waals surface area contributed by atoms with Crippen molar-refractivity contribution in [2.75, 3.05) is 20.8 Å². The highest BCUT2D eigenvalue weighted by molar-refractivity contribution is 5.50. The number of aryl methyl sites for hydroxylation is 1. The highest BCUT2D eigenvalue weighted by Gasteiger charge is 2.16. The van der Waals surface area contributed by atoms with E-state index in [4.69, 9.17) is 14.2 Å². The fraction of sp³-hybridized carbons (Fsp3) is 0.478. The molecule has 28 heavy (non-hydrogen) atoms. The number of phenols is 1. The van der Waals surface area contributed by atoms with Crippen molar-refractivity contribution >= 4 is 0 Å². The topological polar surface area (TPSA) is 68.2 Å². The molecule has 0 aliphatic heterocycles. The van der Waals surface area contributed by atoms with Crippen molar-refractivity contribution in [1.82, 2.24) is 0 Å². The standard InChI is InChI=1S/C23H32O5/c1-5-9-19-20(14-13-18(16(2)24)22(19)25)28-15-7-6-10-17-11-8-12-21(26-3)23(17)27-4/h8,11-14,16,24-25H,5-7,9-10,15H2,1-4H3. The number of hydrogen-bond acceptors (Lipinski definition) is 5. The number of hydrogen-bond donors (Lipinski definition) is 2. The van der Waals surface area contributed by atoms with Crippen LogP contribution in [0.3, 0.4) is 0 Å². The minimum Gasteiger partial charge on any atom is -0.507 e. The van der Waals surface area contributed by atoms with Crippen LogP contribution in [0.4, 0.5) is 0 Å². The zero-order valence-corrected chi connectivity index (χ0v) is 17.3. The van der Waals surface area contributed by atoms with E-state index >= 15 is 0 Å². The van der Waals surface area contributed by atoms with Crippen LogP contribution in [0.25, 0.3) is 0 Å². The number of ether oxygens (including phenoxy) is 3. The van der Waals surface area contributed by atoms with Crippen LogP contribution in [0.15, 0.2) is 30.3 Å². The average Bonchev–Trinajstić information content (AvgIpc) is 2.69. The lowest BCUT2D eigenvalue weighted by Crippen LogP contribution is -2.04. The van der Waals surface area contributed by atoms with Gasteiger partial charge in [0.15, 0.2) is 11.5 Å². The predicted molar refractivity (Wildman–Crippen MR) is 111 cm³/mol. The number of methoxy groups -OCH3 is 2. The van der Waals surface area contributed by atoms with Gasteiger partial charge in [-0.1, -0.05) is 25.5 Å². The fourth-order valence-electron chi connectivity index (χ4n) is 3.35. The lowest BCUT2D eigenvalue weighted by Gasteiger charge is -2.17. The van der Waals surface area contributed by atoms with E-state index in [0.29, 0.717) is 24.3 Å². The molecule has 0 saturated carbocycles. The SMILES string of the molecule is CCCc1c(OCCCCc2cccc(OC)c2OC)ccc(C(C)O)c1O. The summed E-state index contributed by atoms with van der Waals surface area (Å²) in [7, 11) is 3.30. The van der Waals surface area contributed by atoms with Crippen LogP contribution in [-0.4, -0.2) is 31.0 Å². The van der Waals surface area contributed by atoms with Crippen LogP contribution in [0.5, 0.6) is 23.0 Å². The third kappa shape index (κ3) is 5.32. The van der Waals surface area contributed by atoms with Gasteiger partial charge in [0, 0.05) is 11.1 Å². The van der Waals surface area contributed by atoms with Gasteiger partial charge in [-0.15, -0.1) is 0 Å². The summed E-state index contributed by atoms with van der Waals surface area (Å²) in [6.45, 7) is 4.27. The number of aliphatic hydroxyl groups is 1. The molecule has 1 atom stereocenters. The Morgan fingerprint density at radius 3 is 2.39 bits per heavy atom. The Labute approximate surface area is 167 Å². The first-order valence-electron chi connectivity index (χ1n) is 9.88. The lowest BCUT2D eigenvalue weighted by molar-refractivity contribution is 0.194. The van der Waals surface area contributed by atoms with Gasteiger partial charge in [0.2, 0.25) is 0 Å². The quantitative estimate of drug-likeness (QED) is 0.540. The molecular formula is C23H32O5. The molecular weight excluding hydrogens is 356 g/mol. The molecule has 0 aromatic heterocycles. The van der Waals surface area contributed by atoms with E-state index in [0.717, 1.165) is 48.3 Å². The van der Waals surface area contributed by atoms with Crippen molar-refractivity contribution in [3.05, 3.63) is 47.0 Å². The molecule has 0 radical (unpaired) electrons. The largest absolute Gasteiger partial charge is 0.507 e. The third-order valence-corrected chi connectivity index (χ3v) is 4.80. The number of phenolic OH excluding ortho intramolecular Hbond substituents is 1. The molecule has 0 saturated heterocycles. The summed E-state index contributed by atoms with van der Waals surface area (Å²) in [5, 5.41) is 20.3. The minimum absolute atomic E-state index is 0.149. The molecule has 5 heteroatoms. The van der Waals surface area contributed by atoms with Gasteiger partial charge in [0.05, 0.1) is 26.9 Å². The van der Waals surface area contributed by atoms with Crippen LogP contribution >= 0.6 is 0 Å². The molecule has 1 unspecified atom stereocenters. The third-order valence-electron chi connectivity index (χ3n) is 4.80. The van der Waals surface area contributed by atoms with Crippen LogP contribution < -0.4 is 14.2 Å². The average molecular weight is 389 g/mol. The molecule has 0 aliphatic carbocycles. The Kier molecular flexibility index (Phi) is 8.45. The van der Waals surface area contributed by atoms with Crippen LogP contribution in [0.2, 0.25) is 0 Å². The molecule has 2 rings (SSSR count). The maximum absolute atomic E-state index is 10.5. The fourth-order valence-corrected chi connectivity index (χ4v) is 3.35. The highest BCUT2D eigenvalue weighted by Crippen LogP contribution is 2.36. The molecule has 2 aromatic carbocycles. The Hall–Kier alpha value is -2.40. The molecule has 0 aliphatic rings. The summed E-state index contributed by atoms with van der Waals surface area (Å²) in [6.07, 6.45) is 3.60. The minimum atomic E-state index is -0.706. The normalized spacial score (nSPS) is 11.9. The van der Waals surface area contributed by atoms with Crippen molar-refractivity contribution in [2.45, 2.75) is 52.1 Å². The van der Waals surface area contributed by atoms with Crippen molar-refractivity contribution in [3.63, 3.8) is 0 Å². The van der Waals surface area contributed by atoms with Crippen LogP contribution in [-0.2, 0) is 12.8 Å². The summed E-state index contributed by atoms with van der Waals surface area (Å²) < 4.78 is 16.8. The Bertz CT molecular complexity index is 755. The zero-order valence-electron chi connectivity index (χ0n) is 17.3. The van der Waals surface area contributed by atoms with E-state index in [2.05, 4.69) is 6.92 Å². The molecule has 0 heterocycles. The predicted octanol–water partition coefficient (Wildman–Crippen LogP) is 4.82. The second kappa shape index (κ2) is 10.8. The van der Waals surface area contributed by atoms with E-state index in [-0.39, 0.29) is 5.75 Å². The molecule has 154 valence electrons. The van der Waals surface area contributed by atoms with Crippen molar-refractivity contribution in [3.8, 4) is 23.0 Å². The van der Waals surface area contributed by atoms with Crippen LogP contribution in [0, 0.1) is 0 Å². The number of aromatic hydroxyl groups is 1. The summed E-state index contributed by atoms with van der Waals surface area (Å²) in [4.78, 5) is 0. The van der Waals surface area contributed by atoms with Crippen molar-refractivity contribution in [2.24, 2.45) is 0 Å². The number of rotatable bonds is 11. The molecule has 2 aromatic rings. The molecule has 2 N–H and O–H groups in total. The second-order valence-electron chi connectivity index (χ2n) is 6.86. The van der Waals surface area contributed by atoms with Gasteiger partial charge in [-0.25, -0.2) is 0 Å². The molecule has 0 spiro atoms. The maximum Gasteiger partial charge on any atom is 0.163 e. The summed E-state index contributed by atoms with van der Waals surface area (Å²) in [5.74, 6) is 2.38. The van der Waals surface area contributed by atoms with Gasteiger partial charge >= 0.3 is 0 Å². The monoisotopic (exact) mass is 388 g/mol. The molecule has 0 fully saturated rings. The number of unbranched alkanes of at least 4 members (excludes halogenated alkanes) is 1. The first-order chi connectivity index (χ1) is 13.5. The van der Waals surface area contributed by atoms with Gasteiger partial charge in [-0.2, -0.15) is 0 Å². The lowest BCUT2D eigenvalue weighted by atomic mass is 10.0. The van der Waals surface area contributed by atoms with Gasteiger partial charge in [-0.05, 0) is 56.4 Å². The van der Waals surface area contributed by atoms with Crippen molar-refractivity contribution in [1.29, 1.82) is 0 Å². The molecule has 0 bridgehead atoms. The van der Waals surface area contributed by atoms with Crippen LogP contribution in [0.1, 0.15) is 55.9 Å².